The van der Waals surface area contributed by atoms with Crippen LogP contribution in [0.25, 0.3) is 0 Å². The number of nitro groups is 1. The van der Waals surface area contributed by atoms with E-state index in [1.165, 1.54) is 6.07 Å². The van der Waals surface area contributed by atoms with Gasteiger partial charge in [-0.15, -0.1) is 0 Å². The molecule has 1 rings (SSSR count). The van der Waals surface area contributed by atoms with Gasteiger partial charge in [-0.3, -0.25) is 10.1 Å². The fourth-order valence-electron chi connectivity index (χ4n) is 1.26. The lowest BCUT2D eigenvalue weighted by Crippen LogP contribution is -2.12. The summed E-state index contributed by atoms with van der Waals surface area (Å²) in [6, 6.07) is 2.97. The molecule has 0 amide bonds. The first-order valence-electron chi connectivity index (χ1n) is 5.19. The Morgan fingerprint density at radius 3 is 2.88 bits per heavy atom. The molecule has 2 N–H and O–H groups in total. The maximum Gasteiger partial charge on any atom is 0.290 e. The molecule has 1 aromatic rings. The van der Waals surface area contributed by atoms with E-state index in [4.69, 9.17) is 9.84 Å². The predicted molar refractivity (Wildman–Crippen MR) is 62.0 cm³/mol. The van der Waals surface area contributed by atoms with Crippen LogP contribution in [0, 0.1) is 17.0 Å². The molecule has 0 saturated heterocycles. The normalized spacial score (nSPS) is 10.2. The van der Waals surface area contributed by atoms with Crippen LogP contribution in [0.4, 0.5) is 11.5 Å². The lowest BCUT2D eigenvalue weighted by atomic mass is 10.3. The molecule has 0 unspecified atom stereocenters. The number of nitrogens with zero attached hydrogens (tertiary/aromatic N) is 2. The molecule has 0 aromatic carbocycles. The molecule has 0 aliphatic heterocycles. The second kappa shape index (κ2) is 6.77. The number of aliphatic hydroxyl groups excluding tert-OH is 1. The van der Waals surface area contributed by atoms with E-state index in [2.05, 4.69) is 10.3 Å². The van der Waals surface area contributed by atoms with Crippen molar-refractivity contribution in [2.45, 2.75) is 6.92 Å². The fraction of sp³-hybridized carbons (Fsp3) is 0.500. The summed E-state index contributed by atoms with van der Waals surface area (Å²) >= 11 is 0. The molecule has 7 heteroatoms. The van der Waals surface area contributed by atoms with Gasteiger partial charge in [0.05, 0.1) is 24.7 Å². The van der Waals surface area contributed by atoms with E-state index in [-0.39, 0.29) is 12.3 Å². The third-order valence-corrected chi connectivity index (χ3v) is 2.04. The molecule has 0 atom stereocenters. The summed E-state index contributed by atoms with van der Waals surface area (Å²) in [7, 11) is 0. The minimum absolute atomic E-state index is 0.00507. The summed E-state index contributed by atoms with van der Waals surface area (Å²) in [4.78, 5) is 14.2. The number of hydrogen-bond acceptors (Lipinski definition) is 6. The zero-order valence-corrected chi connectivity index (χ0v) is 9.55. The van der Waals surface area contributed by atoms with Gasteiger partial charge in [-0.25, -0.2) is 4.98 Å². The van der Waals surface area contributed by atoms with Crippen LogP contribution in [0.15, 0.2) is 12.1 Å². The summed E-state index contributed by atoms with van der Waals surface area (Å²) in [5, 5.41) is 22.0. The number of anilines is 1. The molecule has 0 aliphatic carbocycles. The summed E-state index contributed by atoms with van der Waals surface area (Å²) in [5.74, 6) is 0.570. The van der Waals surface area contributed by atoms with E-state index in [0.717, 1.165) is 0 Å². The van der Waals surface area contributed by atoms with Crippen LogP contribution in [-0.4, -0.2) is 41.4 Å². The molecule has 0 bridgehead atoms. The third-order valence-electron chi connectivity index (χ3n) is 2.04. The zero-order chi connectivity index (χ0) is 12.7. The van der Waals surface area contributed by atoms with E-state index < -0.39 is 4.92 Å². The van der Waals surface area contributed by atoms with Gasteiger partial charge < -0.3 is 15.2 Å². The van der Waals surface area contributed by atoms with Gasteiger partial charge in [-0.1, -0.05) is 0 Å². The van der Waals surface area contributed by atoms with Gasteiger partial charge in [-0.05, 0) is 13.0 Å². The zero-order valence-electron chi connectivity index (χ0n) is 9.55. The molecule has 17 heavy (non-hydrogen) atoms. The Morgan fingerprint density at radius 2 is 2.29 bits per heavy atom. The summed E-state index contributed by atoms with van der Waals surface area (Å²) in [6.45, 7) is 2.86. The Hall–Kier alpha value is -1.73. The number of pyridine rings is 1. The number of nitrogens with one attached hydrogen (secondary N) is 1. The molecule has 0 saturated carbocycles. The molecule has 94 valence electrons. The molecule has 0 spiro atoms. The van der Waals surface area contributed by atoms with Crippen molar-refractivity contribution < 1.29 is 14.8 Å². The van der Waals surface area contributed by atoms with Crippen molar-refractivity contribution in [3.63, 3.8) is 0 Å². The average Bonchev–Trinajstić information content (AvgIpc) is 2.28. The largest absolute Gasteiger partial charge is 0.394 e. The first kappa shape index (κ1) is 13.3. The van der Waals surface area contributed by atoms with Gasteiger partial charge in [0.15, 0.2) is 0 Å². The van der Waals surface area contributed by atoms with Gasteiger partial charge >= 0.3 is 0 Å². The summed E-state index contributed by atoms with van der Waals surface area (Å²) < 4.78 is 5.05. The Kier molecular flexibility index (Phi) is 5.31. The van der Waals surface area contributed by atoms with Crippen molar-refractivity contribution in [3.8, 4) is 0 Å². The number of rotatable bonds is 7. The van der Waals surface area contributed by atoms with Gasteiger partial charge in [0.1, 0.15) is 11.5 Å². The first-order valence-corrected chi connectivity index (χ1v) is 5.19. The van der Waals surface area contributed by atoms with E-state index in [9.17, 15) is 10.1 Å². The first-order chi connectivity index (χ1) is 8.15. The highest BCUT2D eigenvalue weighted by Crippen LogP contribution is 2.17. The van der Waals surface area contributed by atoms with Crippen LogP contribution >= 0.6 is 0 Å². The maximum atomic E-state index is 10.6. The Bertz CT molecular complexity index is 384. The van der Waals surface area contributed by atoms with Gasteiger partial charge in [-0.2, -0.15) is 0 Å². The van der Waals surface area contributed by atoms with E-state index in [1.54, 1.807) is 13.0 Å². The standard InChI is InChI=1S/C10H15N3O4/c1-8-9(13(15)16)2-3-10(12-8)11-4-6-17-7-5-14/h2-3,14H,4-7H2,1H3,(H,11,12). The van der Waals surface area contributed by atoms with Crippen molar-refractivity contribution in [3.05, 3.63) is 27.9 Å². The molecule has 1 aromatic heterocycles. The van der Waals surface area contributed by atoms with Gasteiger partial charge in [0.2, 0.25) is 0 Å². The molecule has 0 fully saturated rings. The topological polar surface area (TPSA) is 97.5 Å². The van der Waals surface area contributed by atoms with Crippen LogP contribution in [0.2, 0.25) is 0 Å². The molecular formula is C10H15N3O4. The van der Waals surface area contributed by atoms with Crippen molar-refractivity contribution in [1.29, 1.82) is 0 Å². The minimum Gasteiger partial charge on any atom is -0.394 e. The maximum absolute atomic E-state index is 10.6. The fourth-order valence-corrected chi connectivity index (χ4v) is 1.26. The Balaban J connectivity index is 2.45. The molecule has 0 aliphatic rings. The van der Waals surface area contributed by atoms with Crippen molar-refractivity contribution in [2.24, 2.45) is 0 Å². The number of aromatic nitrogens is 1. The third kappa shape index (κ3) is 4.33. The quantitative estimate of drug-likeness (QED) is 0.414. The van der Waals surface area contributed by atoms with Crippen molar-refractivity contribution >= 4 is 11.5 Å². The van der Waals surface area contributed by atoms with Crippen LogP contribution < -0.4 is 5.32 Å². The van der Waals surface area contributed by atoms with Crippen molar-refractivity contribution in [1.82, 2.24) is 4.98 Å². The lowest BCUT2D eigenvalue weighted by molar-refractivity contribution is -0.385. The second-order valence-electron chi connectivity index (χ2n) is 3.32. The second-order valence-corrected chi connectivity index (χ2v) is 3.32. The van der Waals surface area contributed by atoms with Crippen LogP contribution in [0.3, 0.4) is 0 Å². The number of hydrogen-bond donors (Lipinski definition) is 2. The average molecular weight is 241 g/mol. The highest BCUT2D eigenvalue weighted by Gasteiger charge is 2.11. The van der Waals surface area contributed by atoms with Crippen LogP contribution in [-0.2, 0) is 4.74 Å². The number of aryl methyl sites for hydroxylation is 1. The molecular weight excluding hydrogens is 226 g/mol. The SMILES string of the molecule is Cc1nc(NCCOCCO)ccc1[N+](=O)[O-]. The number of ether oxygens (including phenoxy) is 1. The molecule has 1 heterocycles. The highest BCUT2D eigenvalue weighted by atomic mass is 16.6. The lowest BCUT2D eigenvalue weighted by Gasteiger charge is -2.06. The van der Waals surface area contributed by atoms with E-state index >= 15 is 0 Å². The highest BCUT2D eigenvalue weighted by molar-refractivity contribution is 5.44. The summed E-state index contributed by atoms with van der Waals surface area (Å²) in [6.07, 6.45) is 0. The molecule has 7 nitrogen and oxygen atoms in total. The van der Waals surface area contributed by atoms with Crippen LogP contribution in [0.5, 0.6) is 0 Å². The van der Waals surface area contributed by atoms with Gasteiger partial charge in [0, 0.05) is 12.6 Å². The Labute approximate surface area is 98.6 Å². The van der Waals surface area contributed by atoms with E-state index in [0.29, 0.717) is 31.3 Å². The summed E-state index contributed by atoms with van der Waals surface area (Å²) in [5.41, 5.74) is 0.378. The monoisotopic (exact) mass is 241 g/mol. The van der Waals surface area contributed by atoms with Gasteiger partial charge in [0.25, 0.3) is 5.69 Å². The number of aliphatic hydroxyl groups is 1. The smallest absolute Gasteiger partial charge is 0.290 e. The molecule has 0 radical (unpaired) electrons. The Morgan fingerprint density at radius 1 is 1.53 bits per heavy atom. The van der Waals surface area contributed by atoms with E-state index in [1.807, 2.05) is 0 Å². The van der Waals surface area contributed by atoms with Crippen LogP contribution in [0.1, 0.15) is 5.69 Å². The minimum atomic E-state index is -0.462. The van der Waals surface area contributed by atoms with Crippen molar-refractivity contribution in [2.75, 3.05) is 31.7 Å². The predicted octanol–water partition coefficient (Wildman–Crippen LogP) is 0.719.